The summed E-state index contributed by atoms with van der Waals surface area (Å²) in [4.78, 5) is 18.4. The Labute approximate surface area is 179 Å². The number of nitrogen functional groups attached to an aromatic ring is 1. The van der Waals surface area contributed by atoms with Crippen LogP contribution in [0.2, 0.25) is 5.02 Å². The van der Waals surface area contributed by atoms with Crippen LogP contribution in [-0.2, 0) is 13.1 Å². The van der Waals surface area contributed by atoms with Gasteiger partial charge in [-0.15, -0.1) is 0 Å². The van der Waals surface area contributed by atoms with Gasteiger partial charge in [-0.3, -0.25) is 14.0 Å². The van der Waals surface area contributed by atoms with Crippen molar-refractivity contribution >= 4 is 50.1 Å². The number of aromatic nitrogens is 5. The summed E-state index contributed by atoms with van der Waals surface area (Å²) in [6.45, 7) is 2.61. The molecule has 5 rings (SSSR count). The van der Waals surface area contributed by atoms with Crippen molar-refractivity contribution in [1.29, 1.82) is 0 Å². The van der Waals surface area contributed by atoms with Crippen LogP contribution in [0.15, 0.2) is 30.9 Å². The molecule has 0 unspecified atom stereocenters. The van der Waals surface area contributed by atoms with Crippen LogP contribution >= 0.6 is 22.2 Å². The number of anilines is 1. The zero-order chi connectivity index (χ0) is 20.9. The van der Waals surface area contributed by atoms with Gasteiger partial charge in [-0.2, -0.15) is 10.6 Å². The Kier molecular flexibility index (Phi) is 4.83. The zero-order valence-corrected chi connectivity index (χ0v) is 17.7. The van der Waals surface area contributed by atoms with Crippen molar-refractivity contribution in [1.82, 2.24) is 29.4 Å². The number of aromatic amines is 1. The first-order chi connectivity index (χ1) is 14.4. The first-order valence-electron chi connectivity index (χ1n) is 9.55. The maximum absolute atomic E-state index is 9.82. The normalized spacial score (nSPS) is 18.2. The molecule has 4 aromatic rings. The Hall–Kier alpha value is -2.37. The van der Waals surface area contributed by atoms with E-state index < -0.39 is 10.6 Å². The highest BCUT2D eigenvalue weighted by Crippen LogP contribution is 2.40. The first-order valence-corrected chi connectivity index (χ1v) is 11.8. The number of hydrogen-bond donors (Lipinski definition) is 4. The van der Waals surface area contributed by atoms with Gasteiger partial charge in [0.2, 0.25) is 0 Å². The standard InChI is InChI=1S/C19H22ClN7O2S/c20-14-5-12-7-15(9-26-1-3-30(28,29)4-2-26)25-16(12)13(6-14)8-27-11-24-17-18(21)22-10-23-19(17)27/h5-7,10-11,25,28-29H,1-4,8-9H2,(H2,21,22,23). The van der Waals surface area contributed by atoms with Crippen molar-refractivity contribution in [3.63, 3.8) is 0 Å². The Morgan fingerprint density at radius 2 is 1.90 bits per heavy atom. The number of nitrogens with two attached hydrogens (primary N) is 1. The van der Waals surface area contributed by atoms with Crippen LogP contribution in [0, 0.1) is 0 Å². The smallest absolute Gasteiger partial charge is 0.165 e. The molecule has 1 aliphatic heterocycles. The summed E-state index contributed by atoms with van der Waals surface area (Å²) < 4.78 is 21.6. The van der Waals surface area contributed by atoms with Crippen molar-refractivity contribution < 1.29 is 9.11 Å². The van der Waals surface area contributed by atoms with Gasteiger partial charge in [0, 0.05) is 35.7 Å². The lowest BCUT2D eigenvalue weighted by Gasteiger charge is -2.40. The van der Waals surface area contributed by atoms with E-state index in [0.29, 0.717) is 53.1 Å². The minimum Gasteiger partial charge on any atom is -0.382 e. The number of imidazole rings is 1. The molecule has 9 nitrogen and oxygen atoms in total. The van der Waals surface area contributed by atoms with Crippen LogP contribution in [0.1, 0.15) is 11.3 Å². The second-order valence-electron chi connectivity index (χ2n) is 7.61. The molecular formula is C19H22ClN7O2S. The number of nitrogens with zero attached hydrogens (tertiary/aromatic N) is 5. The molecule has 1 aromatic carbocycles. The van der Waals surface area contributed by atoms with E-state index in [1.165, 1.54) is 6.33 Å². The minimum atomic E-state index is -2.39. The third-order valence-electron chi connectivity index (χ3n) is 5.46. The van der Waals surface area contributed by atoms with Crippen molar-refractivity contribution in [2.75, 3.05) is 30.3 Å². The summed E-state index contributed by atoms with van der Waals surface area (Å²) in [5.74, 6) is 1.22. The molecule has 1 saturated heterocycles. The van der Waals surface area contributed by atoms with Crippen LogP contribution < -0.4 is 5.73 Å². The fourth-order valence-corrected chi connectivity index (χ4v) is 5.46. The van der Waals surface area contributed by atoms with Gasteiger partial charge in [0.1, 0.15) is 11.8 Å². The minimum absolute atomic E-state index is 0.357. The van der Waals surface area contributed by atoms with Crippen molar-refractivity contribution in [3.05, 3.63) is 47.1 Å². The van der Waals surface area contributed by atoms with E-state index in [0.717, 1.165) is 28.7 Å². The molecule has 158 valence electrons. The third kappa shape index (κ3) is 3.72. The molecule has 5 N–H and O–H groups in total. The Morgan fingerprint density at radius 3 is 2.70 bits per heavy atom. The van der Waals surface area contributed by atoms with E-state index in [1.54, 1.807) is 6.33 Å². The highest BCUT2D eigenvalue weighted by Gasteiger charge is 2.22. The molecule has 11 heteroatoms. The lowest BCUT2D eigenvalue weighted by Crippen LogP contribution is -2.37. The number of hydrogen-bond acceptors (Lipinski definition) is 7. The van der Waals surface area contributed by atoms with E-state index >= 15 is 0 Å². The number of fused-ring (bicyclic) bond motifs is 2. The number of nitrogens with one attached hydrogen (secondary N) is 1. The van der Waals surface area contributed by atoms with Gasteiger partial charge in [-0.25, -0.2) is 15.0 Å². The van der Waals surface area contributed by atoms with Gasteiger partial charge < -0.3 is 15.3 Å². The lowest BCUT2D eigenvalue weighted by atomic mass is 10.1. The summed E-state index contributed by atoms with van der Waals surface area (Å²) in [5.41, 5.74) is 10.3. The van der Waals surface area contributed by atoms with Gasteiger partial charge in [-0.05, 0) is 23.8 Å². The SMILES string of the molecule is Nc1ncnc2c1ncn2Cc1cc(Cl)cc2cc(CN3CCS(O)(O)CC3)[nH]c12. The molecule has 0 bridgehead atoms. The summed E-state index contributed by atoms with van der Waals surface area (Å²) in [7, 11) is -2.39. The van der Waals surface area contributed by atoms with Gasteiger partial charge in [0.05, 0.1) is 29.9 Å². The maximum atomic E-state index is 9.82. The quantitative estimate of drug-likeness (QED) is 0.378. The van der Waals surface area contributed by atoms with Crippen LogP contribution in [0.5, 0.6) is 0 Å². The molecule has 3 aromatic heterocycles. The van der Waals surface area contributed by atoms with Crippen LogP contribution in [-0.4, -0.2) is 63.1 Å². The topological polar surface area (TPSA) is 129 Å². The largest absolute Gasteiger partial charge is 0.382 e. The predicted octanol–water partition coefficient (Wildman–Crippen LogP) is 3.16. The Morgan fingerprint density at radius 1 is 1.10 bits per heavy atom. The molecule has 0 amide bonds. The number of benzene rings is 1. The first kappa shape index (κ1) is 19.6. The summed E-state index contributed by atoms with van der Waals surface area (Å²) in [5, 5.41) is 1.70. The Balaban J connectivity index is 1.44. The fraction of sp³-hybridized carbons (Fsp3) is 0.316. The molecule has 1 fully saturated rings. The average molecular weight is 448 g/mol. The molecule has 0 spiro atoms. The van der Waals surface area contributed by atoms with Gasteiger partial charge >= 0.3 is 0 Å². The monoisotopic (exact) mass is 447 g/mol. The molecule has 30 heavy (non-hydrogen) atoms. The zero-order valence-electron chi connectivity index (χ0n) is 16.1. The average Bonchev–Trinajstić information content (AvgIpc) is 3.28. The number of rotatable bonds is 4. The molecular weight excluding hydrogens is 426 g/mol. The number of halogens is 1. The molecule has 0 radical (unpaired) electrons. The van der Waals surface area contributed by atoms with Gasteiger partial charge in [0.25, 0.3) is 0 Å². The van der Waals surface area contributed by atoms with E-state index in [4.69, 9.17) is 17.3 Å². The van der Waals surface area contributed by atoms with E-state index in [-0.39, 0.29) is 0 Å². The highest BCUT2D eigenvalue weighted by molar-refractivity contribution is 8.24. The second kappa shape index (κ2) is 7.40. The van der Waals surface area contributed by atoms with Crippen molar-refractivity contribution in [2.24, 2.45) is 0 Å². The van der Waals surface area contributed by atoms with Gasteiger partial charge in [0.15, 0.2) is 11.5 Å². The van der Waals surface area contributed by atoms with E-state index in [9.17, 15) is 9.11 Å². The number of H-pyrrole nitrogens is 1. The lowest BCUT2D eigenvalue weighted by molar-refractivity contribution is 0.275. The van der Waals surface area contributed by atoms with Crippen LogP contribution in [0.25, 0.3) is 22.1 Å². The summed E-state index contributed by atoms with van der Waals surface area (Å²) in [6, 6.07) is 5.99. The maximum Gasteiger partial charge on any atom is 0.165 e. The molecule has 1 aliphatic rings. The predicted molar refractivity (Wildman–Crippen MR) is 120 cm³/mol. The van der Waals surface area contributed by atoms with Crippen LogP contribution in [0.3, 0.4) is 0 Å². The molecule has 4 heterocycles. The highest BCUT2D eigenvalue weighted by atomic mass is 35.5. The van der Waals surface area contributed by atoms with Crippen molar-refractivity contribution in [3.8, 4) is 0 Å². The van der Waals surface area contributed by atoms with E-state index in [2.05, 4.69) is 30.9 Å². The second-order valence-corrected chi connectivity index (χ2v) is 10.5. The van der Waals surface area contributed by atoms with Crippen LogP contribution in [0.4, 0.5) is 5.82 Å². The van der Waals surface area contributed by atoms with E-state index in [1.807, 2.05) is 16.7 Å². The Bertz CT molecular complexity index is 1230. The summed E-state index contributed by atoms with van der Waals surface area (Å²) >= 11 is 6.39. The van der Waals surface area contributed by atoms with Gasteiger partial charge in [-0.1, -0.05) is 11.6 Å². The summed E-state index contributed by atoms with van der Waals surface area (Å²) in [6.07, 6.45) is 3.14. The molecule has 0 aliphatic carbocycles. The molecule has 0 saturated carbocycles. The fourth-order valence-electron chi connectivity index (χ4n) is 3.91. The third-order valence-corrected chi connectivity index (χ3v) is 7.35. The van der Waals surface area contributed by atoms with Crippen molar-refractivity contribution in [2.45, 2.75) is 13.1 Å². The molecule has 0 atom stereocenters.